The first kappa shape index (κ1) is 24.0. The first-order valence-electron chi connectivity index (χ1n) is 12.2. The first-order chi connectivity index (χ1) is 16.6. The molecular weight excluding hydrogens is 430 g/mol. The molecule has 0 unspecified atom stereocenters. The van der Waals surface area contributed by atoms with E-state index in [0.717, 1.165) is 24.8 Å². The Hall–Kier alpha value is -3.19. The molecule has 34 heavy (non-hydrogen) atoms. The van der Waals surface area contributed by atoms with Crippen LogP contribution >= 0.6 is 0 Å². The highest BCUT2D eigenvalue weighted by Crippen LogP contribution is 2.28. The van der Waals surface area contributed by atoms with Gasteiger partial charge < -0.3 is 19.4 Å². The molecule has 0 bridgehead atoms. The fourth-order valence-corrected chi connectivity index (χ4v) is 4.46. The molecule has 0 spiro atoms. The molecular formula is C27H33N3O4. The third kappa shape index (κ3) is 5.65. The van der Waals surface area contributed by atoms with Crippen LogP contribution in [0, 0.1) is 11.8 Å². The van der Waals surface area contributed by atoms with E-state index in [-0.39, 0.29) is 23.7 Å². The van der Waals surface area contributed by atoms with Gasteiger partial charge in [0.1, 0.15) is 5.52 Å². The van der Waals surface area contributed by atoms with Gasteiger partial charge in [-0.15, -0.1) is 0 Å². The van der Waals surface area contributed by atoms with E-state index < -0.39 is 0 Å². The van der Waals surface area contributed by atoms with Crippen molar-refractivity contribution in [1.82, 2.24) is 15.2 Å². The monoisotopic (exact) mass is 463 g/mol. The predicted molar refractivity (Wildman–Crippen MR) is 131 cm³/mol. The Morgan fingerprint density at radius 1 is 1.18 bits per heavy atom. The van der Waals surface area contributed by atoms with E-state index in [0.29, 0.717) is 55.4 Å². The van der Waals surface area contributed by atoms with Gasteiger partial charge in [0.05, 0.1) is 0 Å². The molecule has 1 atom stereocenters. The lowest BCUT2D eigenvalue weighted by Crippen LogP contribution is -2.42. The number of nitrogens with zero attached hydrogens (tertiary/aromatic N) is 2. The van der Waals surface area contributed by atoms with Gasteiger partial charge >= 0.3 is 0 Å². The SMILES string of the molecule is CCOCCCNC(=O)[C@H](C)C1CCN(C(=O)c2ccc3oc(-c4ccccc4)nc3c2)CC1. The summed E-state index contributed by atoms with van der Waals surface area (Å²) < 4.78 is 11.2. The lowest BCUT2D eigenvalue weighted by atomic mass is 9.84. The number of fused-ring (bicyclic) bond motifs is 1. The topological polar surface area (TPSA) is 84.7 Å². The highest BCUT2D eigenvalue weighted by molar-refractivity contribution is 5.97. The summed E-state index contributed by atoms with van der Waals surface area (Å²) in [7, 11) is 0. The lowest BCUT2D eigenvalue weighted by Gasteiger charge is -2.34. The van der Waals surface area contributed by atoms with Crippen molar-refractivity contribution in [2.75, 3.05) is 32.8 Å². The summed E-state index contributed by atoms with van der Waals surface area (Å²) in [6, 6.07) is 15.1. The Bertz CT molecular complexity index is 1100. The van der Waals surface area contributed by atoms with Crippen molar-refractivity contribution < 1.29 is 18.7 Å². The summed E-state index contributed by atoms with van der Waals surface area (Å²) in [5, 5.41) is 3.01. The van der Waals surface area contributed by atoms with Crippen LogP contribution in [-0.4, -0.2) is 54.5 Å². The number of oxazole rings is 1. The van der Waals surface area contributed by atoms with E-state index >= 15 is 0 Å². The highest BCUT2D eigenvalue weighted by Gasteiger charge is 2.30. The van der Waals surface area contributed by atoms with Crippen LogP contribution in [0.25, 0.3) is 22.6 Å². The van der Waals surface area contributed by atoms with Gasteiger partial charge in [-0.05, 0) is 62.4 Å². The molecule has 7 nitrogen and oxygen atoms in total. The van der Waals surface area contributed by atoms with E-state index in [1.54, 1.807) is 12.1 Å². The number of carbonyl (C=O) groups is 2. The largest absolute Gasteiger partial charge is 0.436 e. The average Bonchev–Trinajstić information content (AvgIpc) is 3.32. The predicted octanol–water partition coefficient (Wildman–Crippen LogP) is 4.53. The van der Waals surface area contributed by atoms with Crippen molar-refractivity contribution in [3.63, 3.8) is 0 Å². The zero-order valence-corrected chi connectivity index (χ0v) is 20.0. The maximum atomic E-state index is 13.1. The maximum absolute atomic E-state index is 13.1. The molecule has 4 rings (SSSR count). The van der Waals surface area contributed by atoms with Crippen LogP contribution in [0.5, 0.6) is 0 Å². The van der Waals surface area contributed by atoms with Gasteiger partial charge in [0, 0.05) is 49.9 Å². The Labute approximate surface area is 200 Å². The van der Waals surface area contributed by atoms with Gasteiger partial charge in [-0.2, -0.15) is 0 Å². The zero-order chi connectivity index (χ0) is 23.9. The molecule has 2 aromatic carbocycles. The van der Waals surface area contributed by atoms with E-state index in [4.69, 9.17) is 9.15 Å². The molecule has 1 aromatic heterocycles. The molecule has 1 aliphatic heterocycles. The summed E-state index contributed by atoms with van der Waals surface area (Å²) in [5.74, 6) is 0.852. The van der Waals surface area contributed by atoms with Crippen molar-refractivity contribution in [2.24, 2.45) is 11.8 Å². The quantitative estimate of drug-likeness (QED) is 0.472. The number of aromatic nitrogens is 1. The first-order valence-corrected chi connectivity index (χ1v) is 12.2. The second-order valence-electron chi connectivity index (χ2n) is 8.83. The third-order valence-electron chi connectivity index (χ3n) is 6.57. The highest BCUT2D eigenvalue weighted by atomic mass is 16.5. The van der Waals surface area contributed by atoms with E-state index in [1.807, 2.05) is 55.1 Å². The van der Waals surface area contributed by atoms with Crippen molar-refractivity contribution in [3.8, 4) is 11.5 Å². The molecule has 3 aromatic rings. The number of ether oxygens (including phenoxy) is 1. The van der Waals surface area contributed by atoms with Crippen LogP contribution < -0.4 is 5.32 Å². The number of amides is 2. The maximum Gasteiger partial charge on any atom is 0.253 e. The number of rotatable bonds is 9. The fraction of sp³-hybridized carbons (Fsp3) is 0.444. The van der Waals surface area contributed by atoms with Gasteiger partial charge in [-0.1, -0.05) is 25.1 Å². The number of likely N-dealkylation sites (tertiary alicyclic amines) is 1. The molecule has 2 heterocycles. The van der Waals surface area contributed by atoms with Gasteiger partial charge in [0.25, 0.3) is 5.91 Å². The molecule has 1 N–H and O–H groups in total. The Morgan fingerprint density at radius 2 is 1.94 bits per heavy atom. The Kier molecular flexibility index (Phi) is 7.95. The fourth-order valence-electron chi connectivity index (χ4n) is 4.46. The molecule has 1 fully saturated rings. The van der Waals surface area contributed by atoms with Crippen LogP contribution in [0.3, 0.4) is 0 Å². The van der Waals surface area contributed by atoms with Crippen molar-refractivity contribution >= 4 is 22.9 Å². The number of benzene rings is 2. The normalized spacial score (nSPS) is 15.4. The van der Waals surface area contributed by atoms with Gasteiger partial charge in [-0.3, -0.25) is 9.59 Å². The van der Waals surface area contributed by atoms with Crippen molar-refractivity contribution in [1.29, 1.82) is 0 Å². The molecule has 1 aliphatic rings. The summed E-state index contributed by atoms with van der Waals surface area (Å²) in [5.41, 5.74) is 2.85. The van der Waals surface area contributed by atoms with Crippen molar-refractivity contribution in [3.05, 3.63) is 54.1 Å². The lowest BCUT2D eigenvalue weighted by molar-refractivity contribution is -0.126. The Morgan fingerprint density at radius 3 is 2.68 bits per heavy atom. The smallest absolute Gasteiger partial charge is 0.253 e. The number of nitrogens with one attached hydrogen (secondary N) is 1. The standard InChI is InChI=1S/C27H33N3O4/c1-3-33-17-7-14-28-25(31)19(2)20-12-15-30(16-13-20)27(32)22-10-11-24-23(18-22)29-26(34-24)21-8-5-4-6-9-21/h4-6,8-11,18-20H,3,7,12-17H2,1-2H3,(H,28,31)/t19-/m1/s1. The minimum Gasteiger partial charge on any atom is -0.436 e. The molecule has 2 amide bonds. The van der Waals surface area contributed by atoms with Crippen LogP contribution in [0.2, 0.25) is 0 Å². The van der Waals surface area contributed by atoms with Crippen LogP contribution in [-0.2, 0) is 9.53 Å². The number of carbonyl (C=O) groups excluding carboxylic acids is 2. The van der Waals surface area contributed by atoms with E-state index in [2.05, 4.69) is 10.3 Å². The van der Waals surface area contributed by atoms with Crippen LogP contribution in [0.4, 0.5) is 0 Å². The zero-order valence-electron chi connectivity index (χ0n) is 20.0. The number of hydrogen-bond donors (Lipinski definition) is 1. The second-order valence-corrected chi connectivity index (χ2v) is 8.83. The summed E-state index contributed by atoms with van der Waals surface area (Å²) in [4.78, 5) is 32.1. The molecule has 0 saturated carbocycles. The molecule has 0 radical (unpaired) electrons. The molecule has 1 saturated heterocycles. The van der Waals surface area contributed by atoms with Crippen LogP contribution in [0.15, 0.2) is 52.9 Å². The van der Waals surface area contributed by atoms with Crippen LogP contribution in [0.1, 0.15) is 43.5 Å². The van der Waals surface area contributed by atoms with E-state index in [9.17, 15) is 9.59 Å². The summed E-state index contributed by atoms with van der Waals surface area (Å²) in [6.07, 6.45) is 2.47. The molecule has 0 aliphatic carbocycles. The van der Waals surface area contributed by atoms with Gasteiger partial charge in [0.15, 0.2) is 5.58 Å². The molecule has 7 heteroatoms. The minimum atomic E-state index is -0.0627. The van der Waals surface area contributed by atoms with E-state index in [1.165, 1.54) is 0 Å². The second kappa shape index (κ2) is 11.3. The number of piperidine rings is 1. The number of hydrogen-bond acceptors (Lipinski definition) is 5. The summed E-state index contributed by atoms with van der Waals surface area (Å²) >= 11 is 0. The average molecular weight is 464 g/mol. The molecule has 180 valence electrons. The third-order valence-corrected chi connectivity index (χ3v) is 6.57. The van der Waals surface area contributed by atoms with Gasteiger partial charge in [-0.25, -0.2) is 4.98 Å². The summed E-state index contributed by atoms with van der Waals surface area (Å²) in [6.45, 7) is 7.25. The minimum absolute atomic E-state index is 0.00219. The van der Waals surface area contributed by atoms with Crippen molar-refractivity contribution in [2.45, 2.75) is 33.1 Å². The Balaban J connectivity index is 1.32. The van der Waals surface area contributed by atoms with Gasteiger partial charge in [0.2, 0.25) is 11.8 Å².